The third-order valence-electron chi connectivity index (χ3n) is 3.64. The summed E-state index contributed by atoms with van der Waals surface area (Å²) in [7, 11) is 0. The molecule has 0 saturated carbocycles. The maximum absolute atomic E-state index is 13.5. The van der Waals surface area contributed by atoms with Crippen molar-refractivity contribution in [1.82, 2.24) is 0 Å². The van der Waals surface area contributed by atoms with Crippen LogP contribution < -0.4 is 10.5 Å². The zero-order valence-corrected chi connectivity index (χ0v) is 11.9. The summed E-state index contributed by atoms with van der Waals surface area (Å²) in [6.07, 6.45) is 0.869. The molecule has 2 aromatic rings. The molecule has 1 aliphatic rings. The standard InChI is InChI=1S/C16H15ClFNO/c1-9-4-13(14(17)7-15(9)18)11-5-10-2-3-20-16(10)12(6-11)8-19/h4-7H,2-3,8,19H2,1H3. The van der Waals surface area contributed by atoms with Gasteiger partial charge in [-0.2, -0.15) is 0 Å². The molecule has 0 aliphatic carbocycles. The number of fused-ring (bicyclic) bond motifs is 1. The van der Waals surface area contributed by atoms with Crippen LogP contribution in [0.5, 0.6) is 5.75 Å². The first-order valence-corrected chi connectivity index (χ1v) is 6.92. The van der Waals surface area contributed by atoms with Crippen molar-refractivity contribution in [2.45, 2.75) is 19.9 Å². The molecule has 0 atom stereocenters. The van der Waals surface area contributed by atoms with Gasteiger partial charge in [-0.15, -0.1) is 0 Å². The van der Waals surface area contributed by atoms with E-state index in [2.05, 4.69) is 6.07 Å². The predicted molar refractivity (Wildman–Crippen MR) is 78.7 cm³/mol. The SMILES string of the molecule is Cc1cc(-c2cc(CN)c3c(c2)CCO3)c(Cl)cc1F. The van der Waals surface area contributed by atoms with Gasteiger partial charge in [-0.05, 0) is 47.9 Å². The number of hydrogen-bond donors (Lipinski definition) is 1. The van der Waals surface area contributed by atoms with Gasteiger partial charge in [0.2, 0.25) is 0 Å². The molecule has 0 aromatic heterocycles. The maximum atomic E-state index is 13.5. The minimum absolute atomic E-state index is 0.290. The fourth-order valence-electron chi connectivity index (χ4n) is 2.57. The molecule has 2 N–H and O–H groups in total. The van der Waals surface area contributed by atoms with Gasteiger partial charge in [-0.1, -0.05) is 11.6 Å². The number of ether oxygens (including phenoxy) is 1. The Kier molecular flexibility index (Phi) is 3.40. The highest BCUT2D eigenvalue weighted by molar-refractivity contribution is 6.33. The van der Waals surface area contributed by atoms with Crippen LogP contribution in [0.15, 0.2) is 24.3 Å². The van der Waals surface area contributed by atoms with Gasteiger partial charge in [0, 0.05) is 24.1 Å². The topological polar surface area (TPSA) is 35.2 Å². The van der Waals surface area contributed by atoms with Gasteiger partial charge in [0.25, 0.3) is 0 Å². The van der Waals surface area contributed by atoms with E-state index in [-0.39, 0.29) is 5.82 Å². The molecule has 0 fully saturated rings. The Labute approximate surface area is 122 Å². The molecule has 0 unspecified atom stereocenters. The molecule has 0 bridgehead atoms. The summed E-state index contributed by atoms with van der Waals surface area (Å²) in [4.78, 5) is 0. The molecule has 1 aliphatic heterocycles. The van der Waals surface area contributed by atoms with Crippen LogP contribution in [-0.2, 0) is 13.0 Å². The number of rotatable bonds is 2. The quantitative estimate of drug-likeness (QED) is 0.912. The second kappa shape index (κ2) is 5.08. The minimum Gasteiger partial charge on any atom is -0.493 e. The van der Waals surface area contributed by atoms with Crippen molar-refractivity contribution in [3.05, 3.63) is 51.8 Å². The lowest BCUT2D eigenvalue weighted by Gasteiger charge is -2.12. The summed E-state index contributed by atoms with van der Waals surface area (Å²) < 4.78 is 19.1. The zero-order chi connectivity index (χ0) is 14.3. The van der Waals surface area contributed by atoms with Crippen molar-refractivity contribution >= 4 is 11.6 Å². The molecule has 1 heterocycles. The lowest BCUT2D eigenvalue weighted by Crippen LogP contribution is -2.00. The van der Waals surface area contributed by atoms with Gasteiger partial charge in [0.1, 0.15) is 11.6 Å². The molecule has 20 heavy (non-hydrogen) atoms. The van der Waals surface area contributed by atoms with Crippen LogP contribution in [0.1, 0.15) is 16.7 Å². The molecule has 2 aromatic carbocycles. The predicted octanol–water partition coefficient (Wildman–Crippen LogP) is 3.85. The monoisotopic (exact) mass is 291 g/mol. The third kappa shape index (κ3) is 2.17. The van der Waals surface area contributed by atoms with E-state index in [4.69, 9.17) is 22.1 Å². The molecule has 0 spiro atoms. The number of hydrogen-bond acceptors (Lipinski definition) is 2. The second-order valence-electron chi connectivity index (χ2n) is 5.01. The Morgan fingerprint density at radius 2 is 2.10 bits per heavy atom. The first-order chi connectivity index (χ1) is 9.60. The highest BCUT2D eigenvalue weighted by Crippen LogP contribution is 2.37. The molecule has 0 saturated heterocycles. The fraction of sp³-hybridized carbons (Fsp3) is 0.250. The Morgan fingerprint density at radius 1 is 1.30 bits per heavy atom. The van der Waals surface area contributed by atoms with Crippen LogP contribution in [-0.4, -0.2) is 6.61 Å². The fourth-order valence-corrected chi connectivity index (χ4v) is 2.83. The van der Waals surface area contributed by atoms with Crippen molar-refractivity contribution in [2.24, 2.45) is 5.73 Å². The lowest BCUT2D eigenvalue weighted by atomic mass is 9.97. The Bertz CT molecular complexity index is 685. The molecular formula is C16H15ClFNO. The number of halogens is 2. The van der Waals surface area contributed by atoms with Gasteiger partial charge < -0.3 is 10.5 Å². The first kappa shape index (κ1) is 13.4. The van der Waals surface area contributed by atoms with Crippen molar-refractivity contribution in [2.75, 3.05) is 6.61 Å². The highest BCUT2D eigenvalue weighted by Gasteiger charge is 2.18. The van der Waals surface area contributed by atoms with Crippen LogP contribution in [0.25, 0.3) is 11.1 Å². The summed E-state index contributed by atoms with van der Waals surface area (Å²) in [5.74, 6) is 0.605. The van der Waals surface area contributed by atoms with E-state index >= 15 is 0 Å². The van der Waals surface area contributed by atoms with Crippen LogP contribution in [0.3, 0.4) is 0 Å². The molecule has 0 radical (unpaired) electrons. The van der Waals surface area contributed by atoms with Gasteiger partial charge in [0.05, 0.1) is 11.6 Å². The maximum Gasteiger partial charge on any atom is 0.127 e. The Balaban J connectivity index is 2.18. The van der Waals surface area contributed by atoms with Gasteiger partial charge >= 0.3 is 0 Å². The van der Waals surface area contributed by atoms with Crippen LogP contribution in [0, 0.1) is 12.7 Å². The normalized spacial score (nSPS) is 13.2. The highest BCUT2D eigenvalue weighted by atomic mass is 35.5. The zero-order valence-electron chi connectivity index (χ0n) is 11.2. The Morgan fingerprint density at radius 3 is 2.85 bits per heavy atom. The largest absolute Gasteiger partial charge is 0.493 e. The first-order valence-electron chi connectivity index (χ1n) is 6.55. The average molecular weight is 292 g/mol. The van der Waals surface area contributed by atoms with Crippen molar-refractivity contribution in [3.63, 3.8) is 0 Å². The minimum atomic E-state index is -0.290. The van der Waals surface area contributed by atoms with Crippen molar-refractivity contribution < 1.29 is 9.13 Å². The van der Waals surface area contributed by atoms with Crippen LogP contribution in [0.4, 0.5) is 4.39 Å². The molecule has 4 heteroatoms. The van der Waals surface area contributed by atoms with Crippen molar-refractivity contribution in [3.8, 4) is 16.9 Å². The average Bonchev–Trinajstić information content (AvgIpc) is 2.90. The summed E-state index contributed by atoms with van der Waals surface area (Å²) in [6, 6.07) is 7.16. The van der Waals surface area contributed by atoms with E-state index in [9.17, 15) is 4.39 Å². The summed E-state index contributed by atoms with van der Waals surface area (Å²) in [5.41, 5.74) is 10.3. The van der Waals surface area contributed by atoms with Crippen LogP contribution >= 0.6 is 11.6 Å². The van der Waals surface area contributed by atoms with Gasteiger partial charge in [0.15, 0.2) is 0 Å². The summed E-state index contributed by atoms with van der Waals surface area (Å²) >= 11 is 6.18. The Hall–Kier alpha value is -1.58. The van der Waals surface area contributed by atoms with E-state index in [1.807, 2.05) is 6.07 Å². The molecular weight excluding hydrogens is 277 g/mol. The number of benzene rings is 2. The summed E-state index contributed by atoms with van der Waals surface area (Å²) in [5, 5.41) is 0.412. The summed E-state index contributed by atoms with van der Waals surface area (Å²) in [6.45, 7) is 2.82. The van der Waals surface area contributed by atoms with E-state index in [1.54, 1.807) is 13.0 Å². The van der Waals surface area contributed by atoms with E-state index in [0.29, 0.717) is 23.7 Å². The van der Waals surface area contributed by atoms with E-state index in [0.717, 1.165) is 34.4 Å². The van der Waals surface area contributed by atoms with Crippen LogP contribution in [0.2, 0.25) is 5.02 Å². The number of aryl methyl sites for hydroxylation is 1. The van der Waals surface area contributed by atoms with E-state index < -0.39 is 0 Å². The molecule has 104 valence electrons. The smallest absolute Gasteiger partial charge is 0.127 e. The second-order valence-corrected chi connectivity index (χ2v) is 5.41. The molecule has 2 nitrogen and oxygen atoms in total. The van der Waals surface area contributed by atoms with Gasteiger partial charge in [-0.25, -0.2) is 4.39 Å². The van der Waals surface area contributed by atoms with Gasteiger partial charge in [-0.3, -0.25) is 0 Å². The molecule has 3 rings (SSSR count). The van der Waals surface area contributed by atoms with Crippen molar-refractivity contribution in [1.29, 1.82) is 0 Å². The van der Waals surface area contributed by atoms with E-state index in [1.165, 1.54) is 6.07 Å². The molecule has 0 amide bonds. The number of nitrogens with two attached hydrogens (primary N) is 1. The lowest BCUT2D eigenvalue weighted by molar-refractivity contribution is 0.353. The third-order valence-corrected chi connectivity index (χ3v) is 3.95.